The van der Waals surface area contributed by atoms with E-state index in [9.17, 15) is 9.59 Å². The summed E-state index contributed by atoms with van der Waals surface area (Å²) in [4.78, 5) is 38.3. The van der Waals surface area contributed by atoms with Crippen molar-refractivity contribution in [2.45, 2.75) is 6.92 Å². The number of allylic oxidation sites excluding steroid dienone is 1. The minimum atomic E-state index is -0.297. The molecule has 35 heavy (non-hydrogen) atoms. The number of pyridine rings is 2. The van der Waals surface area contributed by atoms with Crippen LogP contribution in [0.2, 0.25) is 0 Å². The van der Waals surface area contributed by atoms with Crippen molar-refractivity contribution in [3.8, 4) is 11.5 Å². The fourth-order valence-electron chi connectivity index (χ4n) is 3.58. The van der Waals surface area contributed by atoms with Crippen LogP contribution in [0.1, 0.15) is 22.8 Å². The first-order valence-corrected chi connectivity index (χ1v) is 10.7. The number of ether oxygens (including phenoxy) is 2. The predicted molar refractivity (Wildman–Crippen MR) is 135 cm³/mol. The zero-order valence-electron chi connectivity index (χ0n) is 19.7. The second kappa shape index (κ2) is 10.0. The van der Waals surface area contributed by atoms with Crippen molar-refractivity contribution in [2.75, 3.05) is 24.9 Å². The highest BCUT2D eigenvalue weighted by atomic mass is 16.5. The lowest BCUT2D eigenvalue weighted by molar-refractivity contribution is 0.102. The molecule has 1 amide bonds. The molecule has 3 heterocycles. The minimum absolute atomic E-state index is 0.198. The largest absolute Gasteiger partial charge is 0.495 e. The number of nitrogens with one attached hydrogen (secondary N) is 2. The Bertz CT molecular complexity index is 1480. The molecule has 0 bridgehead atoms. The summed E-state index contributed by atoms with van der Waals surface area (Å²) in [6.45, 7) is 1.85. The smallest absolute Gasteiger partial charge is 0.293 e. The molecule has 4 rings (SSSR count). The van der Waals surface area contributed by atoms with E-state index in [1.165, 1.54) is 18.8 Å². The third kappa shape index (κ3) is 4.67. The van der Waals surface area contributed by atoms with Gasteiger partial charge < -0.3 is 24.7 Å². The number of aryl methyl sites for hydroxylation is 1. The molecule has 0 atom stereocenters. The molecule has 0 saturated carbocycles. The molecular weight excluding hydrogens is 448 g/mol. The van der Waals surface area contributed by atoms with Gasteiger partial charge in [0.25, 0.3) is 11.5 Å². The van der Waals surface area contributed by atoms with Gasteiger partial charge in [0.2, 0.25) is 5.95 Å². The fraction of sp³-hybridized carbons (Fsp3) is 0.160. The average Bonchev–Trinajstić information content (AvgIpc) is 2.88. The van der Waals surface area contributed by atoms with Crippen molar-refractivity contribution < 1.29 is 14.3 Å². The van der Waals surface area contributed by atoms with E-state index >= 15 is 0 Å². The lowest BCUT2D eigenvalue weighted by Crippen LogP contribution is -2.21. The Morgan fingerprint density at radius 1 is 1.14 bits per heavy atom. The summed E-state index contributed by atoms with van der Waals surface area (Å²) in [5.41, 5.74) is 2.95. The molecule has 0 spiro atoms. The first-order valence-electron chi connectivity index (χ1n) is 10.7. The summed E-state index contributed by atoms with van der Waals surface area (Å²) in [6.07, 6.45) is 8.35. The fourth-order valence-corrected chi connectivity index (χ4v) is 3.58. The molecule has 0 aliphatic carbocycles. The third-order valence-corrected chi connectivity index (χ3v) is 5.30. The van der Waals surface area contributed by atoms with Crippen LogP contribution in [0.15, 0.2) is 59.8 Å². The number of hydrogen-bond donors (Lipinski definition) is 2. The summed E-state index contributed by atoms with van der Waals surface area (Å²) >= 11 is 0. The molecule has 1 aromatic carbocycles. The number of benzene rings is 1. The van der Waals surface area contributed by atoms with Crippen LogP contribution < -0.4 is 25.7 Å². The van der Waals surface area contributed by atoms with E-state index in [2.05, 4.69) is 25.6 Å². The van der Waals surface area contributed by atoms with Gasteiger partial charge in [0.1, 0.15) is 11.3 Å². The zero-order valence-corrected chi connectivity index (χ0v) is 19.7. The minimum Gasteiger partial charge on any atom is -0.495 e. The normalized spacial score (nSPS) is 11.0. The van der Waals surface area contributed by atoms with Gasteiger partial charge in [0, 0.05) is 18.8 Å². The SMILES string of the molecule is CC=Cc1c(OC)c(=O)n(C)c2cnc(Nc3ccc(C(=O)Nc4cccnc4)cc3OC)nc12. The maximum absolute atomic E-state index is 12.7. The van der Waals surface area contributed by atoms with E-state index in [0.29, 0.717) is 39.3 Å². The number of amides is 1. The topological polar surface area (TPSA) is 120 Å². The Morgan fingerprint density at radius 3 is 2.66 bits per heavy atom. The van der Waals surface area contributed by atoms with Crippen LogP contribution in [-0.2, 0) is 7.05 Å². The van der Waals surface area contributed by atoms with Gasteiger partial charge in [0.05, 0.1) is 49.1 Å². The standard InChI is InChI=1S/C25H24N6O4/c1-5-7-17-21-19(31(2)24(33)22(17)35-4)14-27-25(30-21)29-18-10-9-15(12-20(18)34-3)23(32)28-16-8-6-11-26-13-16/h5-14H,1-4H3,(H,28,32)(H,27,29,30). The number of hydrogen-bond acceptors (Lipinski definition) is 8. The Labute approximate surface area is 201 Å². The van der Waals surface area contributed by atoms with Gasteiger partial charge in [-0.05, 0) is 37.3 Å². The zero-order chi connectivity index (χ0) is 24.9. The van der Waals surface area contributed by atoms with E-state index in [1.807, 2.05) is 13.0 Å². The van der Waals surface area contributed by atoms with Crippen LogP contribution in [0.25, 0.3) is 17.1 Å². The Balaban J connectivity index is 1.69. The van der Waals surface area contributed by atoms with Gasteiger partial charge in [-0.2, -0.15) is 0 Å². The molecule has 178 valence electrons. The third-order valence-electron chi connectivity index (χ3n) is 5.30. The highest BCUT2D eigenvalue weighted by Crippen LogP contribution is 2.30. The first kappa shape index (κ1) is 23.4. The van der Waals surface area contributed by atoms with Crippen LogP contribution in [-0.4, -0.2) is 39.6 Å². The number of nitrogens with zero attached hydrogens (tertiary/aromatic N) is 4. The lowest BCUT2D eigenvalue weighted by Gasteiger charge is -2.14. The Hall–Kier alpha value is -4.73. The molecule has 0 radical (unpaired) electrons. The summed E-state index contributed by atoms with van der Waals surface area (Å²) in [5.74, 6) is 0.618. The summed E-state index contributed by atoms with van der Waals surface area (Å²) in [7, 11) is 4.60. The number of carbonyl (C=O) groups is 1. The van der Waals surface area contributed by atoms with Crippen LogP contribution in [0.4, 0.5) is 17.3 Å². The Kier molecular flexibility index (Phi) is 6.72. The summed E-state index contributed by atoms with van der Waals surface area (Å²) < 4.78 is 12.3. The van der Waals surface area contributed by atoms with Crippen molar-refractivity contribution in [1.29, 1.82) is 0 Å². The van der Waals surface area contributed by atoms with Crippen LogP contribution in [0.3, 0.4) is 0 Å². The van der Waals surface area contributed by atoms with Crippen molar-refractivity contribution in [1.82, 2.24) is 19.5 Å². The van der Waals surface area contributed by atoms with Crippen LogP contribution in [0, 0.1) is 0 Å². The molecule has 10 nitrogen and oxygen atoms in total. The molecule has 0 fully saturated rings. The molecule has 0 aliphatic rings. The second-order valence-electron chi connectivity index (χ2n) is 7.47. The maximum Gasteiger partial charge on any atom is 0.293 e. The van der Waals surface area contributed by atoms with Crippen molar-refractivity contribution in [2.24, 2.45) is 7.05 Å². The number of methoxy groups -OCH3 is 2. The van der Waals surface area contributed by atoms with E-state index in [-0.39, 0.29) is 23.2 Å². The maximum atomic E-state index is 12.7. The molecule has 2 N–H and O–H groups in total. The Morgan fingerprint density at radius 2 is 1.97 bits per heavy atom. The van der Waals surface area contributed by atoms with Gasteiger partial charge in [-0.1, -0.05) is 12.2 Å². The van der Waals surface area contributed by atoms with Crippen LogP contribution in [0.5, 0.6) is 11.5 Å². The van der Waals surface area contributed by atoms with Gasteiger partial charge >= 0.3 is 0 Å². The average molecular weight is 473 g/mol. The first-order chi connectivity index (χ1) is 17.0. The molecule has 3 aromatic heterocycles. The lowest BCUT2D eigenvalue weighted by atomic mass is 10.1. The highest BCUT2D eigenvalue weighted by molar-refractivity contribution is 6.04. The molecule has 0 aliphatic heterocycles. The van der Waals surface area contributed by atoms with Gasteiger partial charge in [-0.15, -0.1) is 0 Å². The number of anilines is 3. The number of rotatable bonds is 7. The van der Waals surface area contributed by atoms with Crippen molar-refractivity contribution in [3.05, 3.63) is 76.5 Å². The summed E-state index contributed by atoms with van der Waals surface area (Å²) in [5, 5.41) is 5.92. The molecule has 0 saturated heterocycles. The highest BCUT2D eigenvalue weighted by Gasteiger charge is 2.17. The van der Waals surface area contributed by atoms with E-state index in [1.54, 1.807) is 62.0 Å². The van der Waals surface area contributed by atoms with Crippen molar-refractivity contribution >= 4 is 40.3 Å². The van der Waals surface area contributed by atoms with Gasteiger partial charge in [0.15, 0.2) is 5.75 Å². The molecule has 4 aromatic rings. The van der Waals surface area contributed by atoms with Crippen LogP contribution >= 0.6 is 0 Å². The predicted octanol–water partition coefficient (Wildman–Crippen LogP) is 3.77. The van der Waals surface area contributed by atoms with E-state index in [4.69, 9.17) is 9.47 Å². The molecule has 0 unspecified atom stereocenters. The van der Waals surface area contributed by atoms with Gasteiger partial charge in [-0.25, -0.2) is 9.97 Å². The number of aromatic nitrogens is 4. The van der Waals surface area contributed by atoms with Crippen molar-refractivity contribution in [3.63, 3.8) is 0 Å². The van der Waals surface area contributed by atoms with E-state index < -0.39 is 0 Å². The molecule has 10 heteroatoms. The second-order valence-corrected chi connectivity index (χ2v) is 7.47. The number of carbonyl (C=O) groups excluding carboxylic acids is 1. The van der Waals surface area contributed by atoms with E-state index in [0.717, 1.165) is 0 Å². The quantitative estimate of drug-likeness (QED) is 0.417. The summed E-state index contributed by atoms with van der Waals surface area (Å²) in [6, 6.07) is 8.48. The monoisotopic (exact) mass is 472 g/mol. The number of fused-ring (bicyclic) bond motifs is 1. The van der Waals surface area contributed by atoms with Gasteiger partial charge in [-0.3, -0.25) is 14.6 Å². The molecular formula is C25H24N6O4.